The number of aromatic nitrogens is 1. The van der Waals surface area contributed by atoms with Gasteiger partial charge in [-0.2, -0.15) is 0 Å². The number of aryl methyl sites for hydroxylation is 1. The molecule has 6 heteroatoms. The highest BCUT2D eigenvalue weighted by atomic mass is 35.5. The highest BCUT2D eigenvalue weighted by Gasteiger charge is 2.22. The van der Waals surface area contributed by atoms with Gasteiger partial charge < -0.3 is 11.1 Å². The maximum atomic E-state index is 11.0. The molecule has 3 rings (SSSR count). The number of carbonyl (C=O) groups is 1. The number of hydrogen-bond acceptors (Lipinski definition) is 3. The first-order valence-corrected chi connectivity index (χ1v) is 8.03. The second kappa shape index (κ2) is 9.09. The fourth-order valence-corrected chi connectivity index (χ4v) is 3.43. The lowest BCUT2D eigenvalue weighted by molar-refractivity contribution is -0.119. The number of hydrogen-bond donors (Lipinski definition) is 2. The molecule has 1 saturated carbocycles. The van der Waals surface area contributed by atoms with Crippen LogP contribution in [0.2, 0.25) is 0 Å². The van der Waals surface area contributed by atoms with Crippen molar-refractivity contribution < 1.29 is 4.79 Å². The second-order valence-electron chi connectivity index (χ2n) is 6.37. The molecule has 1 fully saturated rings. The number of anilines is 1. The zero-order valence-corrected chi connectivity index (χ0v) is 15.5. The van der Waals surface area contributed by atoms with Crippen molar-refractivity contribution >= 4 is 47.4 Å². The number of para-hydroxylation sites is 1. The Morgan fingerprint density at radius 3 is 2.54 bits per heavy atom. The predicted octanol–water partition coefficient (Wildman–Crippen LogP) is 4.23. The number of benzene rings is 1. The molecule has 132 valence electrons. The van der Waals surface area contributed by atoms with Gasteiger partial charge in [0.2, 0.25) is 5.91 Å². The van der Waals surface area contributed by atoms with Gasteiger partial charge in [0.1, 0.15) is 5.82 Å². The van der Waals surface area contributed by atoms with E-state index < -0.39 is 0 Å². The zero-order chi connectivity index (χ0) is 15.5. The summed E-state index contributed by atoms with van der Waals surface area (Å²) in [5.41, 5.74) is 7.57. The molecule has 2 aromatic rings. The van der Waals surface area contributed by atoms with Crippen LogP contribution < -0.4 is 11.1 Å². The van der Waals surface area contributed by atoms with Crippen LogP contribution in [-0.4, -0.2) is 16.9 Å². The van der Waals surface area contributed by atoms with Crippen molar-refractivity contribution in [1.29, 1.82) is 0 Å². The summed E-state index contributed by atoms with van der Waals surface area (Å²) in [5.74, 6) is 1.24. The number of rotatable bonds is 4. The van der Waals surface area contributed by atoms with E-state index in [-0.39, 0.29) is 30.7 Å². The topological polar surface area (TPSA) is 68.0 Å². The molecule has 1 amide bonds. The SMILES string of the molecule is Cc1cc(NC2CCC(CC(N)=O)CC2)nc2ccccc12.Cl.Cl. The Morgan fingerprint density at radius 1 is 1.21 bits per heavy atom. The van der Waals surface area contributed by atoms with Crippen molar-refractivity contribution in [1.82, 2.24) is 4.98 Å². The third-order valence-corrected chi connectivity index (χ3v) is 4.61. The summed E-state index contributed by atoms with van der Waals surface area (Å²) in [6.45, 7) is 2.12. The molecule has 0 spiro atoms. The van der Waals surface area contributed by atoms with Gasteiger partial charge in [0.25, 0.3) is 0 Å². The first kappa shape index (κ1) is 20.5. The standard InChI is InChI=1S/C18H23N3O.2ClH/c1-12-10-18(21-16-5-3-2-4-15(12)16)20-14-8-6-13(7-9-14)11-17(19)22;;/h2-5,10,13-14H,6-9,11H2,1H3,(H2,19,22)(H,20,21);2*1H. The fraction of sp³-hybridized carbons (Fsp3) is 0.444. The van der Waals surface area contributed by atoms with Gasteiger partial charge in [-0.15, -0.1) is 24.8 Å². The van der Waals surface area contributed by atoms with E-state index in [1.807, 2.05) is 12.1 Å². The van der Waals surface area contributed by atoms with Gasteiger partial charge in [-0.1, -0.05) is 18.2 Å². The van der Waals surface area contributed by atoms with E-state index in [9.17, 15) is 4.79 Å². The van der Waals surface area contributed by atoms with Crippen molar-refractivity contribution in [3.63, 3.8) is 0 Å². The van der Waals surface area contributed by atoms with Crippen LogP contribution in [0.1, 0.15) is 37.7 Å². The molecule has 24 heavy (non-hydrogen) atoms. The lowest BCUT2D eigenvalue weighted by atomic mass is 9.84. The summed E-state index contributed by atoms with van der Waals surface area (Å²) in [4.78, 5) is 15.7. The number of pyridine rings is 1. The summed E-state index contributed by atoms with van der Waals surface area (Å²) in [6.07, 6.45) is 4.80. The molecule has 1 heterocycles. The maximum absolute atomic E-state index is 11.0. The van der Waals surface area contributed by atoms with Gasteiger partial charge in [0, 0.05) is 17.8 Å². The Kier molecular flexibility index (Phi) is 7.77. The number of halogens is 2. The molecule has 0 unspecified atom stereocenters. The first-order valence-electron chi connectivity index (χ1n) is 8.03. The molecule has 0 saturated heterocycles. The lowest BCUT2D eigenvalue weighted by Gasteiger charge is -2.29. The van der Waals surface area contributed by atoms with Crippen molar-refractivity contribution in [2.75, 3.05) is 5.32 Å². The van der Waals surface area contributed by atoms with E-state index in [1.165, 1.54) is 10.9 Å². The molecule has 1 aromatic carbocycles. The average Bonchev–Trinajstić information content (AvgIpc) is 2.49. The second-order valence-corrected chi connectivity index (χ2v) is 6.37. The number of carbonyl (C=O) groups excluding carboxylic acids is 1. The van der Waals surface area contributed by atoms with Gasteiger partial charge in [-0.25, -0.2) is 4.98 Å². The molecule has 4 nitrogen and oxygen atoms in total. The van der Waals surface area contributed by atoms with Gasteiger partial charge in [-0.05, 0) is 56.2 Å². The van der Waals surface area contributed by atoms with Crippen LogP contribution >= 0.6 is 24.8 Å². The summed E-state index contributed by atoms with van der Waals surface area (Å²) in [7, 11) is 0. The van der Waals surface area contributed by atoms with Crippen LogP contribution in [0.3, 0.4) is 0 Å². The summed E-state index contributed by atoms with van der Waals surface area (Å²) >= 11 is 0. The minimum Gasteiger partial charge on any atom is -0.370 e. The Morgan fingerprint density at radius 2 is 1.88 bits per heavy atom. The molecule has 1 aliphatic rings. The highest BCUT2D eigenvalue weighted by Crippen LogP contribution is 2.29. The quantitative estimate of drug-likeness (QED) is 0.846. The average molecular weight is 370 g/mol. The summed E-state index contributed by atoms with van der Waals surface area (Å²) < 4.78 is 0. The van der Waals surface area contributed by atoms with Crippen LogP contribution in [0, 0.1) is 12.8 Å². The van der Waals surface area contributed by atoms with Crippen molar-refractivity contribution in [2.45, 2.75) is 45.1 Å². The smallest absolute Gasteiger partial charge is 0.217 e. The summed E-state index contributed by atoms with van der Waals surface area (Å²) in [5, 5.41) is 4.77. The van der Waals surface area contributed by atoms with Crippen LogP contribution in [0.15, 0.2) is 30.3 Å². The molecule has 0 aliphatic heterocycles. The minimum atomic E-state index is -0.178. The van der Waals surface area contributed by atoms with Gasteiger partial charge >= 0.3 is 0 Å². The molecular weight excluding hydrogens is 345 g/mol. The number of fused-ring (bicyclic) bond motifs is 1. The largest absolute Gasteiger partial charge is 0.370 e. The minimum absolute atomic E-state index is 0. The maximum Gasteiger partial charge on any atom is 0.217 e. The first-order chi connectivity index (χ1) is 10.6. The van der Waals surface area contributed by atoms with E-state index >= 15 is 0 Å². The molecule has 3 N–H and O–H groups in total. The highest BCUT2D eigenvalue weighted by molar-refractivity contribution is 5.85. The number of nitrogens with zero attached hydrogens (tertiary/aromatic N) is 1. The van der Waals surface area contributed by atoms with E-state index in [1.54, 1.807) is 0 Å². The predicted molar refractivity (Wildman–Crippen MR) is 104 cm³/mol. The Hall–Kier alpha value is -1.52. The number of nitrogens with two attached hydrogens (primary N) is 1. The van der Waals surface area contributed by atoms with Crippen molar-refractivity contribution in [3.05, 3.63) is 35.9 Å². The van der Waals surface area contributed by atoms with Crippen LogP contribution in [-0.2, 0) is 4.79 Å². The summed E-state index contributed by atoms with van der Waals surface area (Å²) in [6, 6.07) is 10.8. The Balaban J connectivity index is 0.00000144. The number of amides is 1. The van der Waals surface area contributed by atoms with Crippen LogP contribution in [0.25, 0.3) is 10.9 Å². The monoisotopic (exact) mass is 369 g/mol. The molecule has 0 atom stereocenters. The van der Waals surface area contributed by atoms with Gasteiger partial charge in [0.15, 0.2) is 0 Å². The third kappa shape index (κ3) is 4.99. The normalized spacial score (nSPS) is 19.9. The number of primary amides is 1. The van der Waals surface area contributed by atoms with Crippen LogP contribution in [0.4, 0.5) is 5.82 Å². The van der Waals surface area contributed by atoms with Gasteiger partial charge in [-0.3, -0.25) is 4.79 Å². The molecule has 0 bridgehead atoms. The van der Waals surface area contributed by atoms with Crippen molar-refractivity contribution in [2.24, 2.45) is 11.7 Å². The van der Waals surface area contributed by atoms with Crippen LogP contribution in [0.5, 0.6) is 0 Å². The van der Waals surface area contributed by atoms with Crippen molar-refractivity contribution in [3.8, 4) is 0 Å². The Bertz CT molecular complexity index is 685. The third-order valence-electron chi connectivity index (χ3n) is 4.61. The van der Waals surface area contributed by atoms with E-state index in [4.69, 9.17) is 10.7 Å². The van der Waals surface area contributed by atoms with E-state index in [2.05, 4.69) is 30.4 Å². The van der Waals surface area contributed by atoms with E-state index in [0.717, 1.165) is 37.0 Å². The molecule has 1 aromatic heterocycles. The lowest BCUT2D eigenvalue weighted by Crippen LogP contribution is -2.28. The zero-order valence-electron chi connectivity index (χ0n) is 13.8. The number of nitrogens with one attached hydrogen (secondary N) is 1. The molecule has 1 aliphatic carbocycles. The Labute approximate surface area is 155 Å². The van der Waals surface area contributed by atoms with Gasteiger partial charge in [0.05, 0.1) is 5.52 Å². The fourth-order valence-electron chi connectivity index (χ4n) is 3.43. The molecule has 0 radical (unpaired) electrons. The molecular formula is C18H25Cl2N3O. The van der Waals surface area contributed by atoms with E-state index in [0.29, 0.717) is 18.4 Å².